The predicted molar refractivity (Wildman–Crippen MR) is 605 cm³/mol. The molecule has 0 aliphatic rings. The average Bonchev–Trinajstić information content (AvgIpc) is 1.50. The molecular formula is C132H76N12OS. The number of para-hydroxylation sites is 13. The number of aromatic nitrogens is 8. The van der Waals surface area contributed by atoms with E-state index in [1.807, 2.05) is 85.8 Å². The number of fused-ring (bicyclic) bond motifs is 32. The molecule has 31 aromatic rings. The molecule has 0 unspecified atom stereocenters. The summed E-state index contributed by atoms with van der Waals surface area (Å²) < 4.78 is 473. The highest BCUT2D eigenvalue weighted by Gasteiger charge is 2.39. The molecule has 0 saturated carbocycles. The molecule has 31 rings (SSSR count). The van der Waals surface area contributed by atoms with Gasteiger partial charge in [0, 0.05) is 112 Å². The van der Waals surface area contributed by atoms with Crippen LogP contribution < -0.4 is 0 Å². The molecule has 0 aliphatic carbocycles. The summed E-state index contributed by atoms with van der Waals surface area (Å²) in [7, 11) is 0. The standard InChI is InChI=1S/C68H38N6O.C64H38N6S/c1-70-62-63(71-54-28-12-5-21-43(54)44-22-6-13-29-55(44)71)53(40-69)64(72-56-30-14-7-23-45(56)46-24-8-15-31-57(46)72)67(66(62)73-58-32-16-9-25-47(58)48-26-10-17-33-59(48)73)74-60-38-35-42(41-19-3-2-4-20-41)39-52(60)50-36-37-51-49-27-11-18-34-61(49)75-68(51)65(50)74;1-37-34-48-46-32-33-47-45-24-10-17-31-57(45)71-64(47)61(46)70(56(48)35-38(37)2)63-60(68-52-27-13-6-20-41(52)42-21-7-14-28-53(42)68)49(36-65)59(67-50-25-11-4-18-39(50)40-19-5-12-26-51(40)67)58(66-3)62(63)69-54-29-15-8-22-43(54)44-23-9-16-30-55(44)69/h2-39H;4-35H,1-2H3/i5D,6D,7D,8D,9D,10D,12D,13D,14D,15D,16D,17D,21D,22D,23D,24D,25D,26D,28D,29D,30D,31D,32D,33D;4D,5D,6D,7D,8D,9D,11D,12D,13D,14D,15D,16D,18D,19D,20D,21D,22D,23D,25D,26D,27D,28D,29D,30D. The van der Waals surface area contributed by atoms with E-state index in [0.29, 0.717) is 64.7 Å². The van der Waals surface area contributed by atoms with Crippen molar-refractivity contribution in [3.8, 4) is 68.8 Å². The van der Waals surface area contributed by atoms with Gasteiger partial charge in [0.15, 0.2) is 5.58 Å². The van der Waals surface area contributed by atoms with Crippen LogP contribution in [0.1, 0.15) is 88.1 Å². The van der Waals surface area contributed by atoms with Gasteiger partial charge >= 0.3 is 0 Å². The van der Waals surface area contributed by atoms with Gasteiger partial charge < -0.3 is 41.0 Å². The summed E-state index contributed by atoms with van der Waals surface area (Å²) >= 11 is 1.30. The number of nitriles is 2. The minimum atomic E-state index is -0.967. The van der Waals surface area contributed by atoms with Crippen molar-refractivity contribution in [1.29, 1.82) is 10.5 Å². The van der Waals surface area contributed by atoms with Gasteiger partial charge in [0.1, 0.15) is 17.7 Å². The number of benzene rings is 21. The van der Waals surface area contributed by atoms with E-state index in [9.17, 15) is 73.0 Å². The molecule has 0 spiro atoms. The fraction of sp³-hybridized carbons (Fsp3) is 0.0152. The van der Waals surface area contributed by atoms with Gasteiger partial charge in [-0.25, -0.2) is 9.69 Å². The van der Waals surface area contributed by atoms with Crippen molar-refractivity contribution in [2.45, 2.75) is 13.8 Å². The Morgan fingerprint density at radius 1 is 0.253 bits per heavy atom. The van der Waals surface area contributed by atoms with Crippen LogP contribution in [-0.2, 0) is 0 Å². The molecule has 676 valence electrons. The first kappa shape index (κ1) is 47.8. The van der Waals surface area contributed by atoms with Crippen molar-refractivity contribution in [3.05, 3.63) is 469 Å². The van der Waals surface area contributed by atoms with Gasteiger partial charge in [-0.05, 0) is 151 Å². The summed E-state index contributed by atoms with van der Waals surface area (Å²) in [5.74, 6) is 0. The fourth-order valence-electron chi connectivity index (χ4n) is 21.5. The van der Waals surface area contributed by atoms with E-state index < -0.39 is 489 Å². The normalized spacial score (nSPS) is 16.6. The summed E-state index contributed by atoms with van der Waals surface area (Å²) in [6.45, 7) is 23.4. The molecular weight excluding hydrogens is 1800 g/mol. The minimum absolute atomic E-state index is 0.0493. The maximum atomic E-state index is 12.9. The summed E-state index contributed by atoms with van der Waals surface area (Å²) in [4.78, 5) is 8.46. The number of aryl methyl sites for hydroxylation is 2. The fourth-order valence-corrected chi connectivity index (χ4v) is 22.7. The topological polar surface area (TPSA) is 109 Å². The summed E-state index contributed by atoms with van der Waals surface area (Å²) in [6, 6.07) is 0.329. The second-order valence-corrected chi connectivity index (χ2v) is 35.5. The first-order valence-electron chi connectivity index (χ1n) is 69.1. The Kier molecular flexibility index (Phi) is 10.2. The zero-order valence-electron chi connectivity index (χ0n) is 123. The van der Waals surface area contributed by atoms with Crippen molar-refractivity contribution in [1.82, 2.24) is 36.5 Å². The van der Waals surface area contributed by atoms with Crippen LogP contribution in [0.25, 0.3) is 283 Å². The monoisotopic (exact) mass is 1920 g/mol. The third-order valence-electron chi connectivity index (χ3n) is 27.4. The molecule has 0 fully saturated rings. The SMILES string of the molecule is [2H]c1c([2H])c([2H])c2c(c1[2H])c1c([2H])c([2H])c([2H])c([2H])c1n2-c1c(C#N)c(-n2c3c([2H])c([2H])c([2H])c([2H])c3c3c([2H])c([2H])c([2H])c([2H])c32)c(-n2c3cc(C)c(C)cc3c3ccc4c5ccccc5sc4c32)c(-n2c3c([2H])c([2H])c([2H])c([2H])c3c3c([2H])c([2H])c([2H])c([2H])c32)c1[N+]#[C-].[2H]c1c([2H])c([2H])c2c(c1[2H])c1c([2H])c([2H])c([2H])c([2H])c1n2-c1c(C#N)c(-n2c3c([2H])c([2H])c([2H])c([2H])c3c3c([2H])c([2H])c([2H])c([2H])c32)c(-n2c3ccc(-c4ccccc4)cc3c3ccc4c5ccccc5oc4c32)c(-n2c3c([2H])c([2H])c([2H])c([2H])c3c3c([2H])c([2H])c([2H])c([2H])c32)c1[N+]#[C-]. The Hall–Kier alpha value is -20.0. The maximum Gasteiger partial charge on any atom is 0.237 e. The highest BCUT2D eigenvalue weighted by molar-refractivity contribution is 7.26. The Morgan fingerprint density at radius 2 is 0.568 bits per heavy atom. The smallest absolute Gasteiger partial charge is 0.237 e. The Bertz CT molecular complexity index is 13800. The minimum Gasteiger partial charge on any atom is -0.454 e. The number of furan rings is 1. The molecule has 0 radical (unpaired) electrons. The summed E-state index contributed by atoms with van der Waals surface area (Å²) in [5, 5.41) is 23.1. The first-order valence-corrected chi connectivity index (χ1v) is 45.9. The number of hydrogen-bond donors (Lipinski definition) is 0. The van der Waals surface area contributed by atoms with Gasteiger partial charge in [-0.3, -0.25) is 0 Å². The number of nitrogens with zero attached hydrogens (tertiary/aromatic N) is 12. The zero-order chi connectivity index (χ0) is 138. The maximum absolute atomic E-state index is 12.9. The van der Waals surface area contributed by atoms with Gasteiger partial charge in [0.25, 0.3) is 0 Å². The zero-order valence-corrected chi connectivity index (χ0v) is 75.7. The van der Waals surface area contributed by atoms with E-state index in [2.05, 4.69) is 21.8 Å². The van der Waals surface area contributed by atoms with Crippen LogP contribution in [0.2, 0.25) is 0 Å². The van der Waals surface area contributed by atoms with Gasteiger partial charge in [-0.2, -0.15) is 10.5 Å². The second-order valence-electron chi connectivity index (χ2n) is 34.5. The van der Waals surface area contributed by atoms with Crippen LogP contribution in [0.5, 0.6) is 0 Å². The molecule has 146 heavy (non-hydrogen) atoms. The lowest BCUT2D eigenvalue weighted by molar-refractivity contribution is 0.671. The van der Waals surface area contributed by atoms with Gasteiger partial charge in [-0.1, -0.05) is 309 Å². The average molecular weight is 1930 g/mol. The third kappa shape index (κ3) is 11.2. The van der Waals surface area contributed by atoms with Crippen LogP contribution >= 0.6 is 11.3 Å². The van der Waals surface area contributed by atoms with E-state index in [-0.39, 0.29) is 27.6 Å². The van der Waals surface area contributed by atoms with E-state index >= 15 is 0 Å². The largest absolute Gasteiger partial charge is 0.454 e. The molecule has 0 aliphatic heterocycles. The molecule has 0 N–H and O–H groups in total. The highest BCUT2D eigenvalue weighted by Crippen LogP contribution is 2.58. The molecule has 0 atom stereocenters. The molecule has 21 aromatic carbocycles. The van der Waals surface area contributed by atoms with E-state index in [1.165, 1.54) is 15.9 Å². The molecule has 10 heterocycles. The molecule has 0 saturated heterocycles. The van der Waals surface area contributed by atoms with Crippen LogP contribution in [0.4, 0.5) is 11.4 Å². The lowest BCUT2D eigenvalue weighted by Crippen LogP contribution is -2.14. The van der Waals surface area contributed by atoms with Gasteiger partial charge in [-0.15, -0.1) is 11.3 Å². The van der Waals surface area contributed by atoms with Crippen LogP contribution in [0.15, 0.2) is 428 Å². The van der Waals surface area contributed by atoms with E-state index in [1.54, 1.807) is 66.1 Å². The predicted octanol–water partition coefficient (Wildman–Crippen LogP) is 35.5. The highest BCUT2D eigenvalue weighted by atomic mass is 32.1. The molecule has 0 bridgehead atoms. The third-order valence-corrected chi connectivity index (χ3v) is 28.6. The van der Waals surface area contributed by atoms with Crippen LogP contribution in [0, 0.1) is 49.7 Å². The second kappa shape index (κ2) is 31.2. The quantitative estimate of drug-likeness (QED) is 0.134. The van der Waals surface area contributed by atoms with Crippen molar-refractivity contribution in [3.63, 3.8) is 0 Å². The van der Waals surface area contributed by atoms with Gasteiger partial charge in [0.2, 0.25) is 11.4 Å². The van der Waals surface area contributed by atoms with Crippen molar-refractivity contribution < 1.29 is 70.2 Å². The van der Waals surface area contributed by atoms with Crippen LogP contribution in [0.3, 0.4) is 0 Å². The van der Waals surface area contributed by atoms with E-state index in [4.69, 9.17) is 20.9 Å². The van der Waals surface area contributed by atoms with Crippen molar-refractivity contribution in [2.75, 3.05) is 0 Å². The van der Waals surface area contributed by atoms with Gasteiger partial charge in [0.05, 0.1) is 229 Å². The Balaban J connectivity index is 0.000000166. The van der Waals surface area contributed by atoms with E-state index in [0.717, 1.165) is 43.1 Å². The Labute approximate surface area is 904 Å². The van der Waals surface area contributed by atoms with Crippen molar-refractivity contribution in [2.24, 2.45) is 0 Å². The van der Waals surface area contributed by atoms with Crippen molar-refractivity contribution >= 4 is 239 Å². The molecule has 10 aromatic heterocycles. The Morgan fingerprint density at radius 3 is 0.959 bits per heavy atom. The lowest BCUT2D eigenvalue weighted by atomic mass is 10.0. The molecule has 14 heteroatoms. The number of rotatable bonds is 9. The molecule has 13 nitrogen and oxygen atoms in total. The summed E-state index contributed by atoms with van der Waals surface area (Å²) in [5.41, 5.74) is -13.7. The number of hydrogen-bond acceptors (Lipinski definition) is 4. The first-order chi connectivity index (χ1) is 92.1. The van der Waals surface area contributed by atoms with Crippen LogP contribution in [-0.4, -0.2) is 36.5 Å². The number of thiophene rings is 1. The lowest BCUT2D eigenvalue weighted by Gasteiger charge is -2.27. The molecule has 0 amide bonds. The summed E-state index contributed by atoms with van der Waals surface area (Å²) in [6.07, 6.45) is 0.